The van der Waals surface area contributed by atoms with E-state index in [2.05, 4.69) is 186 Å². The Kier molecular flexibility index (Phi) is 6.35. The van der Waals surface area contributed by atoms with E-state index in [4.69, 9.17) is 0 Å². The summed E-state index contributed by atoms with van der Waals surface area (Å²) in [6.45, 7) is 0. The Morgan fingerprint density at radius 3 is 1.58 bits per heavy atom. The van der Waals surface area contributed by atoms with Crippen molar-refractivity contribution in [2.24, 2.45) is 0 Å². The second kappa shape index (κ2) is 10.5. The van der Waals surface area contributed by atoms with Gasteiger partial charge in [0.25, 0.3) is 0 Å². The molecule has 1 heteroatoms. The Labute approximate surface area is 261 Å². The molecule has 0 bridgehead atoms. The molecule has 43 heavy (non-hydrogen) atoms. The van der Waals surface area contributed by atoms with Gasteiger partial charge in [-0.25, -0.2) is 0 Å². The maximum atomic E-state index is 4.04. The molecule has 0 heterocycles. The summed E-state index contributed by atoms with van der Waals surface area (Å²) >= 11 is 4.04. The van der Waals surface area contributed by atoms with Crippen molar-refractivity contribution in [2.75, 3.05) is 0 Å². The maximum Gasteiger partial charge on any atom is 0.0714 e. The number of halogens is 1. The van der Waals surface area contributed by atoms with Crippen LogP contribution in [0.3, 0.4) is 0 Å². The van der Waals surface area contributed by atoms with Crippen molar-refractivity contribution in [1.29, 1.82) is 0 Å². The first-order valence-corrected chi connectivity index (χ1v) is 15.6. The Morgan fingerprint density at radius 2 is 0.977 bits per heavy atom. The second-order valence-electron chi connectivity index (χ2n) is 11.4. The number of hydrogen-bond donors (Lipinski definition) is 0. The molecule has 2 aliphatic carbocycles. The molecule has 0 amide bonds. The van der Waals surface area contributed by atoms with Crippen LogP contribution in [-0.2, 0) is 5.41 Å². The quantitative estimate of drug-likeness (QED) is 0.181. The summed E-state index contributed by atoms with van der Waals surface area (Å²) in [5.74, 6) is 0.268. The lowest BCUT2D eigenvalue weighted by Gasteiger charge is -2.35. The maximum absolute atomic E-state index is 4.04. The fraction of sp³-hybridized carbons (Fsp3) is 0.0476. The van der Waals surface area contributed by atoms with Gasteiger partial charge in [0.2, 0.25) is 0 Å². The Bertz CT molecular complexity index is 1940. The first-order chi connectivity index (χ1) is 21.2. The van der Waals surface area contributed by atoms with Gasteiger partial charge in [-0.05, 0) is 85.5 Å². The van der Waals surface area contributed by atoms with Gasteiger partial charge in [0.15, 0.2) is 0 Å². The summed E-state index contributed by atoms with van der Waals surface area (Å²) < 4.78 is 1.14. The van der Waals surface area contributed by atoms with Gasteiger partial charge in [-0.15, -0.1) is 0 Å². The van der Waals surface area contributed by atoms with Crippen molar-refractivity contribution >= 4 is 15.9 Å². The molecule has 0 atom stereocenters. The fourth-order valence-corrected chi connectivity index (χ4v) is 7.73. The van der Waals surface area contributed by atoms with Gasteiger partial charge >= 0.3 is 0 Å². The van der Waals surface area contributed by atoms with E-state index in [1.165, 1.54) is 61.2 Å². The standard InChI is InChI=1S/C42H29Br/c43-41-28-40-38(27-37(41)31-17-7-8-18-31)36-23-9-10-24-39(36)42(40,34-21-11-19-32(25-34)29-13-3-1-4-14-29)35-22-12-20-33(26-35)30-15-5-2-6-16-30/h1-28,31H. The molecule has 0 saturated carbocycles. The molecule has 0 radical (unpaired) electrons. The van der Waals surface area contributed by atoms with Gasteiger partial charge in [0.1, 0.15) is 0 Å². The highest BCUT2D eigenvalue weighted by atomic mass is 79.9. The van der Waals surface area contributed by atoms with Crippen molar-refractivity contribution in [3.8, 4) is 33.4 Å². The first kappa shape index (κ1) is 25.9. The van der Waals surface area contributed by atoms with Gasteiger partial charge in [-0.1, -0.05) is 162 Å². The smallest absolute Gasteiger partial charge is 0.0714 e. The number of rotatable bonds is 5. The summed E-state index contributed by atoms with van der Waals surface area (Å²) in [5.41, 5.74) is 13.5. The fourth-order valence-electron chi connectivity index (χ4n) is 7.12. The molecular weight excluding hydrogens is 584 g/mol. The summed E-state index contributed by atoms with van der Waals surface area (Å²) in [4.78, 5) is 0. The molecule has 0 fully saturated rings. The third-order valence-corrected chi connectivity index (χ3v) is 9.76. The summed E-state index contributed by atoms with van der Waals surface area (Å²) in [7, 11) is 0. The van der Waals surface area contributed by atoms with Crippen molar-refractivity contribution < 1.29 is 0 Å². The van der Waals surface area contributed by atoms with Gasteiger partial charge in [0.05, 0.1) is 5.41 Å². The lowest BCUT2D eigenvalue weighted by molar-refractivity contribution is 0.768. The molecule has 0 spiro atoms. The highest BCUT2D eigenvalue weighted by molar-refractivity contribution is 9.10. The zero-order valence-corrected chi connectivity index (χ0v) is 25.2. The Morgan fingerprint density at radius 1 is 0.442 bits per heavy atom. The highest BCUT2D eigenvalue weighted by Gasteiger charge is 2.46. The van der Waals surface area contributed by atoms with Crippen LogP contribution >= 0.6 is 15.9 Å². The van der Waals surface area contributed by atoms with Gasteiger partial charge in [-0.2, -0.15) is 0 Å². The van der Waals surface area contributed by atoms with E-state index < -0.39 is 5.41 Å². The lowest BCUT2D eigenvalue weighted by atomic mass is 9.67. The molecule has 0 N–H and O–H groups in total. The molecule has 6 aromatic carbocycles. The number of allylic oxidation sites excluding steroid dienone is 4. The lowest BCUT2D eigenvalue weighted by Crippen LogP contribution is -2.28. The van der Waals surface area contributed by atoms with Crippen molar-refractivity contribution in [2.45, 2.75) is 11.3 Å². The predicted octanol–water partition coefficient (Wildman–Crippen LogP) is 11.4. The van der Waals surface area contributed by atoms with E-state index in [9.17, 15) is 0 Å². The van der Waals surface area contributed by atoms with Crippen LogP contribution in [0.25, 0.3) is 33.4 Å². The van der Waals surface area contributed by atoms with Gasteiger partial charge in [-0.3, -0.25) is 0 Å². The average Bonchev–Trinajstić information content (AvgIpc) is 3.71. The van der Waals surface area contributed by atoms with E-state index >= 15 is 0 Å². The Balaban J connectivity index is 1.46. The minimum absolute atomic E-state index is 0.268. The third-order valence-electron chi connectivity index (χ3n) is 9.07. The van der Waals surface area contributed by atoms with Gasteiger partial charge < -0.3 is 0 Å². The Hall–Kier alpha value is -4.72. The molecule has 0 nitrogen and oxygen atoms in total. The molecule has 0 aliphatic heterocycles. The monoisotopic (exact) mass is 612 g/mol. The van der Waals surface area contributed by atoms with Crippen LogP contribution in [0, 0.1) is 0 Å². The normalized spacial score (nSPS) is 14.5. The van der Waals surface area contributed by atoms with Crippen LogP contribution in [0.5, 0.6) is 0 Å². The molecular formula is C42H29Br. The zero-order chi connectivity index (χ0) is 28.8. The third kappa shape index (κ3) is 4.19. The molecule has 8 rings (SSSR count). The second-order valence-corrected chi connectivity index (χ2v) is 12.3. The number of benzene rings is 6. The van der Waals surface area contributed by atoms with E-state index in [1.54, 1.807) is 0 Å². The summed E-state index contributed by atoms with van der Waals surface area (Å²) in [6, 6.07) is 53.6. The van der Waals surface area contributed by atoms with Crippen molar-refractivity contribution in [1.82, 2.24) is 0 Å². The van der Waals surface area contributed by atoms with Crippen LogP contribution in [0.1, 0.15) is 33.7 Å². The summed E-state index contributed by atoms with van der Waals surface area (Å²) in [6.07, 6.45) is 8.83. The minimum Gasteiger partial charge on any atom is -0.0732 e. The van der Waals surface area contributed by atoms with Crippen molar-refractivity contribution in [3.05, 3.63) is 202 Å². The van der Waals surface area contributed by atoms with Crippen LogP contribution in [-0.4, -0.2) is 0 Å². The van der Waals surface area contributed by atoms with Gasteiger partial charge in [0, 0.05) is 10.4 Å². The van der Waals surface area contributed by atoms with Crippen molar-refractivity contribution in [3.63, 3.8) is 0 Å². The number of fused-ring (bicyclic) bond motifs is 3. The van der Waals surface area contributed by atoms with E-state index in [0.29, 0.717) is 0 Å². The minimum atomic E-state index is -0.496. The van der Waals surface area contributed by atoms with E-state index in [0.717, 1.165) is 4.47 Å². The molecule has 6 aromatic rings. The van der Waals surface area contributed by atoms with E-state index in [-0.39, 0.29) is 5.92 Å². The van der Waals surface area contributed by atoms with Crippen LogP contribution in [0.2, 0.25) is 0 Å². The average molecular weight is 614 g/mol. The van der Waals surface area contributed by atoms with Crippen LogP contribution in [0.15, 0.2) is 174 Å². The van der Waals surface area contributed by atoms with Crippen LogP contribution in [0.4, 0.5) is 0 Å². The number of hydrogen-bond acceptors (Lipinski definition) is 0. The molecule has 204 valence electrons. The zero-order valence-electron chi connectivity index (χ0n) is 23.6. The summed E-state index contributed by atoms with van der Waals surface area (Å²) in [5, 5.41) is 0. The highest BCUT2D eigenvalue weighted by Crippen LogP contribution is 2.58. The topological polar surface area (TPSA) is 0 Å². The molecule has 0 aromatic heterocycles. The molecule has 0 unspecified atom stereocenters. The first-order valence-electron chi connectivity index (χ1n) is 14.8. The van der Waals surface area contributed by atoms with Crippen LogP contribution < -0.4 is 0 Å². The molecule has 2 aliphatic rings. The van der Waals surface area contributed by atoms with E-state index in [1.807, 2.05) is 0 Å². The largest absolute Gasteiger partial charge is 0.0732 e. The predicted molar refractivity (Wildman–Crippen MR) is 183 cm³/mol. The molecule has 0 saturated heterocycles. The SMILES string of the molecule is Brc1cc2c(cc1C1C=CC=C1)-c1ccccc1C2(c1cccc(-c2ccccc2)c1)c1cccc(-c2ccccc2)c1.